The quantitative estimate of drug-likeness (QED) is 0.751. The van der Waals surface area contributed by atoms with E-state index >= 15 is 0 Å². The summed E-state index contributed by atoms with van der Waals surface area (Å²) in [6, 6.07) is 1.81. The summed E-state index contributed by atoms with van der Waals surface area (Å²) in [5, 5.41) is 3.58. The Morgan fingerprint density at radius 3 is 2.00 bits per heavy atom. The van der Waals surface area contributed by atoms with Crippen LogP contribution >= 0.6 is 0 Å². The number of hydrogen-bond donors (Lipinski definition) is 1. The van der Waals surface area contributed by atoms with E-state index in [-0.39, 0.29) is 0 Å². The van der Waals surface area contributed by atoms with Gasteiger partial charge in [0.1, 0.15) is 0 Å². The Bertz CT molecular complexity index is 184. The summed E-state index contributed by atoms with van der Waals surface area (Å²) >= 11 is 0. The van der Waals surface area contributed by atoms with Crippen LogP contribution in [0.15, 0.2) is 0 Å². The molecular weight excluding hydrogens is 196 g/mol. The van der Waals surface area contributed by atoms with Crippen molar-refractivity contribution in [1.82, 2.24) is 10.2 Å². The highest BCUT2D eigenvalue weighted by Crippen LogP contribution is 2.24. The van der Waals surface area contributed by atoms with Gasteiger partial charge in [-0.1, -0.05) is 27.7 Å². The van der Waals surface area contributed by atoms with Gasteiger partial charge in [-0.25, -0.2) is 0 Å². The Hall–Kier alpha value is -0.0800. The fourth-order valence-electron chi connectivity index (χ4n) is 1.65. The van der Waals surface area contributed by atoms with Crippen LogP contribution in [0.5, 0.6) is 0 Å². The fourth-order valence-corrected chi connectivity index (χ4v) is 1.65. The lowest BCUT2D eigenvalue weighted by molar-refractivity contribution is 0.102. The van der Waals surface area contributed by atoms with Crippen molar-refractivity contribution >= 4 is 0 Å². The van der Waals surface area contributed by atoms with Crippen LogP contribution in [-0.4, -0.2) is 36.6 Å². The molecule has 16 heavy (non-hydrogen) atoms. The molecule has 0 aromatic heterocycles. The molecule has 0 aliphatic rings. The Morgan fingerprint density at radius 1 is 1.12 bits per heavy atom. The van der Waals surface area contributed by atoms with Gasteiger partial charge in [0.05, 0.1) is 0 Å². The van der Waals surface area contributed by atoms with E-state index in [9.17, 15) is 0 Å². The molecule has 0 spiro atoms. The van der Waals surface area contributed by atoms with Crippen LogP contribution in [0.3, 0.4) is 0 Å². The van der Waals surface area contributed by atoms with Gasteiger partial charge in [-0.2, -0.15) is 0 Å². The molecule has 0 aromatic rings. The first-order valence-electron chi connectivity index (χ1n) is 6.65. The molecule has 2 heteroatoms. The summed E-state index contributed by atoms with van der Waals surface area (Å²) in [7, 11) is 2.23. The zero-order chi connectivity index (χ0) is 12.9. The van der Waals surface area contributed by atoms with Gasteiger partial charge in [0, 0.05) is 24.7 Å². The lowest BCUT2D eigenvalue weighted by Crippen LogP contribution is -2.48. The van der Waals surface area contributed by atoms with Gasteiger partial charge in [0.2, 0.25) is 0 Å². The van der Waals surface area contributed by atoms with Gasteiger partial charge in [-0.3, -0.25) is 4.90 Å². The molecule has 3 unspecified atom stereocenters. The van der Waals surface area contributed by atoms with Crippen molar-refractivity contribution < 1.29 is 0 Å². The topological polar surface area (TPSA) is 15.3 Å². The summed E-state index contributed by atoms with van der Waals surface area (Å²) < 4.78 is 0. The minimum atomic E-state index is 0.347. The predicted molar refractivity (Wildman–Crippen MR) is 73.9 cm³/mol. The normalized spacial score (nSPS) is 18.6. The van der Waals surface area contributed by atoms with E-state index in [0.717, 1.165) is 6.54 Å². The van der Waals surface area contributed by atoms with Crippen LogP contribution in [0.25, 0.3) is 0 Å². The van der Waals surface area contributed by atoms with Crippen molar-refractivity contribution in [2.24, 2.45) is 5.41 Å². The summed E-state index contributed by atoms with van der Waals surface area (Å²) in [4.78, 5) is 2.48. The summed E-state index contributed by atoms with van der Waals surface area (Å²) in [6.07, 6.45) is 1.20. The van der Waals surface area contributed by atoms with Crippen LogP contribution in [0.2, 0.25) is 0 Å². The molecule has 3 atom stereocenters. The molecule has 0 aliphatic carbocycles. The number of hydrogen-bond acceptors (Lipinski definition) is 2. The molecule has 0 fully saturated rings. The van der Waals surface area contributed by atoms with E-state index in [0.29, 0.717) is 23.5 Å². The van der Waals surface area contributed by atoms with Crippen LogP contribution < -0.4 is 5.32 Å². The minimum Gasteiger partial charge on any atom is -0.313 e. The molecule has 0 aliphatic heterocycles. The summed E-state index contributed by atoms with van der Waals surface area (Å²) in [5.74, 6) is 0. The van der Waals surface area contributed by atoms with Gasteiger partial charge >= 0.3 is 0 Å². The molecule has 98 valence electrons. The van der Waals surface area contributed by atoms with E-state index in [2.05, 4.69) is 65.7 Å². The lowest BCUT2D eigenvalue weighted by atomic mass is 9.86. The average Bonchev–Trinajstić information content (AvgIpc) is 2.21. The second-order valence-electron chi connectivity index (χ2n) is 6.27. The fraction of sp³-hybridized carbons (Fsp3) is 1.00. The first kappa shape index (κ1) is 15.9. The number of likely N-dealkylation sites (N-methyl/N-ethyl adjacent to an activating group) is 1. The molecule has 0 saturated heterocycles. The number of rotatable bonds is 6. The molecule has 1 N–H and O–H groups in total. The van der Waals surface area contributed by atoms with Crippen molar-refractivity contribution in [1.29, 1.82) is 0 Å². The maximum atomic E-state index is 3.58. The van der Waals surface area contributed by atoms with E-state index in [1.807, 2.05) is 0 Å². The number of nitrogens with zero attached hydrogens (tertiary/aromatic N) is 1. The Labute approximate surface area is 103 Å². The highest BCUT2D eigenvalue weighted by molar-refractivity contribution is 4.81. The molecule has 0 bridgehead atoms. The summed E-state index contributed by atoms with van der Waals surface area (Å²) in [6.45, 7) is 17.1. The molecular formula is C14H32N2. The average molecular weight is 228 g/mol. The zero-order valence-corrected chi connectivity index (χ0v) is 12.6. The molecule has 2 nitrogen and oxygen atoms in total. The number of nitrogens with one attached hydrogen (secondary N) is 1. The van der Waals surface area contributed by atoms with E-state index in [1.54, 1.807) is 0 Å². The Kier molecular flexibility index (Phi) is 6.57. The third kappa shape index (κ3) is 5.31. The Balaban J connectivity index is 4.13. The molecule has 0 radical (unpaired) electrons. The minimum absolute atomic E-state index is 0.347. The first-order chi connectivity index (χ1) is 7.20. The third-order valence-electron chi connectivity index (χ3n) is 3.93. The van der Waals surface area contributed by atoms with Crippen LogP contribution in [0, 0.1) is 5.41 Å². The maximum absolute atomic E-state index is 3.58. The first-order valence-corrected chi connectivity index (χ1v) is 6.65. The summed E-state index contributed by atoms with van der Waals surface area (Å²) in [5.41, 5.74) is 0.347. The van der Waals surface area contributed by atoms with Crippen molar-refractivity contribution in [3.05, 3.63) is 0 Å². The van der Waals surface area contributed by atoms with E-state index in [4.69, 9.17) is 0 Å². The monoisotopic (exact) mass is 228 g/mol. The van der Waals surface area contributed by atoms with Gasteiger partial charge in [-0.05, 0) is 39.7 Å². The van der Waals surface area contributed by atoms with Gasteiger partial charge in [0.15, 0.2) is 0 Å². The predicted octanol–water partition coefficient (Wildman–Crippen LogP) is 3.13. The largest absolute Gasteiger partial charge is 0.313 e. The zero-order valence-electron chi connectivity index (χ0n) is 12.6. The van der Waals surface area contributed by atoms with Crippen LogP contribution in [-0.2, 0) is 0 Å². The highest BCUT2D eigenvalue weighted by atomic mass is 15.2. The molecule has 0 heterocycles. The molecule has 0 rings (SSSR count). The van der Waals surface area contributed by atoms with Crippen LogP contribution in [0.4, 0.5) is 0 Å². The van der Waals surface area contributed by atoms with Gasteiger partial charge in [0.25, 0.3) is 0 Å². The van der Waals surface area contributed by atoms with Gasteiger partial charge < -0.3 is 5.32 Å². The lowest BCUT2D eigenvalue weighted by Gasteiger charge is -2.39. The van der Waals surface area contributed by atoms with Crippen molar-refractivity contribution in [2.45, 2.75) is 73.0 Å². The maximum Gasteiger partial charge on any atom is 0.0192 e. The smallest absolute Gasteiger partial charge is 0.0192 e. The van der Waals surface area contributed by atoms with E-state index in [1.165, 1.54) is 6.42 Å². The second kappa shape index (κ2) is 6.61. The molecule has 0 saturated carbocycles. The van der Waals surface area contributed by atoms with Crippen molar-refractivity contribution in [3.8, 4) is 0 Å². The van der Waals surface area contributed by atoms with E-state index < -0.39 is 0 Å². The molecule has 0 aromatic carbocycles. The third-order valence-corrected chi connectivity index (χ3v) is 3.93. The Morgan fingerprint density at radius 2 is 1.62 bits per heavy atom. The van der Waals surface area contributed by atoms with Gasteiger partial charge in [-0.15, -0.1) is 0 Å². The standard InChI is InChI=1S/C14H32N2/c1-9-11(2)15-10-12(3)16(8)13(4)14(5,6)7/h11-13,15H,9-10H2,1-8H3. The second-order valence-corrected chi connectivity index (χ2v) is 6.27. The van der Waals surface area contributed by atoms with Crippen molar-refractivity contribution in [3.63, 3.8) is 0 Å². The molecule has 0 amide bonds. The highest BCUT2D eigenvalue weighted by Gasteiger charge is 2.26. The van der Waals surface area contributed by atoms with Crippen molar-refractivity contribution in [2.75, 3.05) is 13.6 Å². The van der Waals surface area contributed by atoms with Crippen LogP contribution in [0.1, 0.15) is 54.9 Å². The SMILES string of the molecule is CCC(C)NCC(C)N(C)C(C)C(C)(C)C.